The molecule has 1 atom stereocenters. The summed E-state index contributed by atoms with van der Waals surface area (Å²) in [6.07, 6.45) is 15.8. The quantitative estimate of drug-likeness (QED) is 0.594. The third kappa shape index (κ3) is 7.08. The minimum Gasteiger partial charge on any atom is -0.314 e. The largest absolute Gasteiger partial charge is 0.314 e. The van der Waals surface area contributed by atoms with E-state index in [1.165, 1.54) is 77.2 Å². The van der Waals surface area contributed by atoms with Gasteiger partial charge in [-0.05, 0) is 38.1 Å². The Kier molecular flexibility index (Phi) is 8.78. The molecule has 0 heterocycles. The van der Waals surface area contributed by atoms with E-state index < -0.39 is 0 Å². The summed E-state index contributed by atoms with van der Waals surface area (Å²) in [6, 6.07) is 0.795. The lowest BCUT2D eigenvalue weighted by molar-refractivity contribution is 0.359. The molecule has 1 rings (SSSR count). The van der Waals surface area contributed by atoms with E-state index in [4.69, 9.17) is 0 Å². The Morgan fingerprint density at radius 1 is 0.941 bits per heavy atom. The highest BCUT2D eigenvalue weighted by atomic mass is 14.9. The average molecular weight is 239 g/mol. The number of hydrogen-bond donors (Lipinski definition) is 1. The van der Waals surface area contributed by atoms with Crippen molar-refractivity contribution in [3.63, 3.8) is 0 Å². The van der Waals surface area contributed by atoms with E-state index in [0.29, 0.717) is 0 Å². The highest BCUT2D eigenvalue weighted by molar-refractivity contribution is 4.71. The van der Waals surface area contributed by atoms with Crippen LogP contribution in [0, 0.1) is 5.92 Å². The average Bonchev–Trinajstić information content (AvgIpc) is 2.61. The van der Waals surface area contributed by atoms with Gasteiger partial charge in [-0.15, -0.1) is 0 Å². The predicted molar refractivity (Wildman–Crippen MR) is 77.4 cm³/mol. The molecule has 0 aromatic carbocycles. The van der Waals surface area contributed by atoms with Gasteiger partial charge in [0, 0.05) is 6.04 Å². The molecule has 0 aromatic heterocycles. The van der Waals surface area contributed by atoms with E-state index in [1.54, 1.807) is 0 Å². The van der Waals surface area contributed by atoms with E-state index in [1.807, 2.05) is 0 Å². The summed E-state index contributed by atoms with van der Waals surface area (Å²) in [5.41, 5.74) is 0. The van der Waals surface area contributed by atoms with Crippen LogP contribution in [-0.4, -0.2) is 12.6 Å². The molecule has 0 aromatic rings. The molecule has 0 radical (unpaired) electrons. The Hall–Kier alpha value is -0.0400. The minimum atomic E-state index is 0.795. The molecule has 1 nitrogen and oxygen atoms in total. The topological polar surface area (TPSA) is 12.0 Å². The molecular weight excluding hydrogens is 206 g/mol. The lowest BCUT2D eigenvalue weighted by Crippen LogP contribution is -2.30. The Labute approximate surface area is 109 Å². The zero-order valence-electron chi connectivity index (χ0n) is 12.1. The molecule has 17 heavy (non-hydrogen) atoms. The van der Waals surface area contributed by atoms with Crippen molar-refractivity contribution < 1.29 is 0 Å². The zero-order chi connectivity index (χ0) is 12.3. The maximum absolute atomic E-state index is 3.73. The van der Waals surface area contributed by atoms with Crippen LogP contribution in [0.3, 0.4) is 0 Å². The third-order valence-corrected chi connectivity index (χ3v) is 4.22. The number of hydrogen-bond acceptors (Lipinski definition) is 1. The summed E-state index contributed by atoms with van der Waals surface area (Å²) in [7, 11) is 0. The van der Waals surface area contributed by atoms with Gasteiger partial charge in [0.25, 0.3) is 0 Å². The van der Waals surface area contributed by atoms with Crippen LogP contribution in [-0.2, 0) is 0 Å². The van der Waals surface area contributed by atoms with Gasteiger partial charge in [0.05, 0.1) is 0 Å². The number of nitrogens with one attached hydrogen (secondary N) is 1. The fraction of sp³-hybridized carbons (Fsp3) is 1.00. The monoisotopic (exact) mass is 239 g/mol. The molecule has 1 heteroatoms. The van der Waals surface area contributed by atoms with Gasteiger partial charge in [-0.3, -0.25) is 0 Å². The summed E-state index contributed by atoms with van der Waals surface area (Å²) in [5, 5.41) is 3.73. The Balaban J connectivity index is 2.18. The van der Waals surface area contributed by atoms with E-state index in [-0.39, 0.29) is 0 Å². The van der Waals surface area contributed by atoms with Crippen LogP contribution in [0.2, 0.25) is 0 Å². The van der Waals surface area contributed by atoms with Crippen LogP contribution in [0.25, 0.3) is 0 Å². The van der Waals surface area contributed by atoms with Gasteiger partial charge in [0.2, 0.25) is 0 Å². The lowest BCUT2D eigenvalue weighted by atomic mass is 9.92. The molecule has 1 saturated carbocycles. The summed E-state index contributed by atoms with van der Waals surface area (Å²) in [4.78, 5) is 0. The molecule has 1 aliphatic rings. The summed E-state index contributed by atoms with van der Waals surface area (Å²) < 4.78 is 0. The van der Waals surface area contributed by atoms with Crippen molar-refractivity contribution in [2.24, 2.45) is 5.92 Å². The highest BCUT2D eigenvalue weighted by Crippen LogP contribution is 2.27. The molecule has 0 spiro atoms. The van der Waals surface area contributed by atoms with Gasteiger partial charge in [-0.1, -0.05) is 58.8 Å². The molecule has 1 N–H and O–H groups in total. The zero-order valence-corrected chi connectivity index (χ0v) is 12.1. The Bertz CT molecular complexity index is 159. The van der Waals surface area contributed by atoms with Gasteiger partial charge >= 0.3 is 0 Å². The molecule has 0 bridgehead atoms. The van der Waals surface area contributed by atoms with Crippen molar-refractivity contribution in [2.75, 3.05) is 6.54 Å². The molecule has 1 fully saturated rings. The van der Waals surface area contributed by atoms with Gasteiger partial charge in [-0.25, -0.2) is 0 Å². The molecule has 0 saturated heterocycles. The summed E-state index contributed by atoms with van der Waals surface area (Å²) in [5.74, 6) is 1.04. The van der Waals surface area contributed by atoms with Crippen molar-refractivity contribution >= 4 is 0 Å². The fourth-order valence-corrected chi connectivity index (χ4v) is 3.13. The van der Waals surface area contributed by atoms with Crippen molar-refractivity contribution in [1.29, 1.82) is 0 Å². The van der Waals surface area contributed by atoms with Crippen LogP contribution in [0.1, 0.15) is 84.5 Å². The first-order valence-corrected chi connectivity index (χ1v) is 8.10. The van der Waals surface area contributed by atoms with Gasteiger partial charge < -0.3 is 5.32 Å². The van der Waals surface area contributed by atoms with E-state index in [2.05, 4.69) is 19.2 Å². The highest BCUT2D eigenvalue weighted by Gasteiger charge is 2.14. The summed E-state index contributed by atoms with van der Waals surface area (Å²) >= 11 is 0. The third-order valence-electron chi connectivity index (χ3n) is 4.22. The molecule has 0 amide bonds. The van der Waals surface area contributed by atoms with Crippen molar-refractivity contribution in [3.8, 4) is 0 Å². The first-order chi connectivity index (χ1) is 8.36. The second-order valence-electron chi connectivity index (χ2n) is 5.87. The molecule has 1 aliphatic carbocycles. The maximum Gasteiger partial charge on any atom is 0.00670 e. The van der Waals surface area contributed by atoms with Crippen molar-refractivity contribution in [2.45, 2.75) is 90.5 Å². The molecule has 0 aliphatic heterocycles. The van der Waals surface area contributed by atoms with Crippen molar-refractivity contribution in [3.05, 3.63) is 0 Å². The van der Waals surface area contributed by atoms with E-state index in [9.17, 15) is 0 Å². The van der Waals surface area contributed by atoms with Gasteiger partial charge in [0.1, 0.15) is 0 Å². The van der Waals surface area contributed by atoms with E-state index in [0.717, 1.165) is 12.0 Å². The fourth-order valence-electron chi connectivity index (χ4n) is 3.13. The first kappa shape index (κ1) is 15.0. The molecule has 1 unspecified atom stereocenters. The van der Waals surface area contributed by atoms with Crippen molar-refractivity contribution in [1.82, 2.24) is 5.32 Å². The van der Waals surface area contributed by atoms with Gasteiger partial charge in [-0.2, -0.15) is 0 Å². The maximum atomic E-state index is 3.73. The first-order valence-electron chi connectivity index (χ1n) is 8.10. The molecular formula is C16H33N. The van der Waals surface area contributed by atoms with E-state index >= 15 is 0 Å². The second kappa shape index (κ2) is 9.94. The SMILES string of the molecule is CCCNC(CCC)CCC1CCCCCC1. The van der Waals surface area contributed by atoms with Gasteiger partial charge in [0.15, 0.2) is 0 Å². The normalized spacial score (nSPS) is 20.1. The Morgan fingerprint density at radius 3 is 2.24 bits per heavy atom. The minimum absolute atomic E-state index is 0.795. The van der Waals surface area contributed by atoms with Crippen LogP contribution in [0.4, 0.5) is 0 Å². The van der Waals surface area contributed by atoms with Crippen LogP contribution in [0.5, 0.6) is 0 Å². The Morgan fingerprint density at radius 2 is 1.65 bits per heavy atom. The number of rotatable bonds is 8. The van der Waals surface area contributed by atoms with Crippen LogP contribution in [0.15, 0.2) is 0 Å². The smallest absolute Gasteiger partial charge is 0.00670 e. The standard InChI is InChI=1S/C16H33N/c1-3-9-16(17-14-4-2)13-12-15-10-7-5-6-8-11-15/h15-17H,3-14H2,1-2H3. The second-order valence-corrected chi connectivity index (χ2v) is 5.87. The van der Waals surface area contributed by atoms with Crippen LogP contribution < -0.4 is 5.32 Å². The summed E-state index contributed by atoms with van der Waals surface area (Å²) in [6.45, 7) is 5.78. The lowest BCUT2D eigenvalue weighted by Gasteiger charge is -2.21. The predicted octanol–water partition coefficient (Wildman–Crippen LogP) is 4.91. The van der Waals surface area contributed by atoms with Crippen LogP contribution >= 0.6 is 0 Å². The molecule has 102 valence electrons.